The first-order valence-corrected chi connectivity index (χ1v) is 12.3. The Hall–Kier alpha value is -1.95. The van der Waals surface area contributed by atoms with Gasteiger partial charge in [-0.1, -0.05) is 54.1 Å². The molecule has 7 nitrogen and oxygen atoms in total. The maximum atomic E-state index is 12.4. The molecule has 0 bridgehead atoms. The van der Waals surface area contributed by atoms with Crippen molar-refractivity contribution in [3.63, 3.8) is 0 Å². The largest absolute Gasteiger partial charge is 0.456 e. The lowest BCUT2D eigenvalue weighted by atomic mass is 10.1. The van der Waals surface area contributed by atoms with Crippen molar-refractivity contribution in [2.24, 2.45) is 0 Å². The topological polar surface area (TPSA) is 101 Å². The number of halogens is 2. The minimum absolute atomic E-state index is 0.0260. The summed E-state index contributed by atoms with van der Waals surface area (Å²) in [5.41, 5.74) is 1.59. The highest BCUT2D eigenvalue weighted by Crippen LogP contribution is 2.38. The predicted molar refractivity (Wildman–Crippen MR) is 127 cm³/mol. The van der Waals surface area contributed by atoms with Crippen molar-refractivity contribution in [3.8, 4) is 11.1 Å². The summed E-state index contributed by atoms with van der Waals surface area (Å²) in [6.45, 7) is 1.86. The Labute approximate surface area is 197 Å². The molecule has 3 aromatic rings. The molecule has 2 aromatic heterocycles. The second-order valence-electron chi connectivity index (χ2n) is 6.38. The molecule has 1 fully saturated rings. The van der Waals surface area contributed by atoms with E-state index in [1.165, 1.54) is 12.1 Å². The van der Waals surface area contributed by atoms with Gasteiger partial charge in [0.1, 0.15) is 20.6 Å². The molecule has 1 amide bonds. The molecule has 0 unspecified atom stereocenters. The normalized spacial score (nSPS) is 15.8. The molecule has 0 saturated carbocycles. The van der Waals surface area contributed by atoms with Gasteiger partial charge in [-0.2, -0.15) is 0 Å². The van der Waals surface area contributed by atoms with E-state index in [4.69, 9.17) is 39.8 Å². The van der Waals surface area contributed by atoms with Crippen LogP contribution < -0.4 is 10.0 Å². The summed E-state index contributed by atoms with van der Waals surface area (Å²) in [6.07, 6.45) is 4.77. The molecule has 2 N–H and O–H groups in total. The van der Waals surface area contributed by atoms with Gasteiger partial charge >= 0.3 is 0 Å². The number of thiocarbonyl (C=S) groups is 1. The number of carbonyl (C=O) groups is 1. The van der Waals surface area contributed by atoms with E-state index in [0.717, 1.165) is 11.8 Å². The Kier molecular flexibility index (Phi) is 6.12. The molecule has 160 valence electrons. The molecule has 0 spiro atoms. The maximum absolute atomic E-state index is 12.4. The van der Waals surface area contributed by atoms with E-state index < -0.39 is 10.0 Å². The number of hydrogen-bond acceptors (Lipinski definition) is 7. The summed E-state index contributed by atoms with van der Waals surface area (Å²) in [4.78, 5) is 16.4. The second-order valence-corrected chi connectivity index (χ2v) is 10.6. The number of nitrogens with one attached hydrogen (secondary N) is 2. The fourth-order valence-corrected chi connectivity index (χ4v) is 6.32. The van der Waals surface area contributed by atoms with Crippen molar-refractivity contribution in [1.82, 2.24) is 15.0 Å². The van der Waals surface area contributed by atoms with Gasteiger partial charge < -0.3 is 9.73 Å². The van der Waals surface area contributed by atoms with Crippen molar-refractivity contribution >= 4 is 84.5 Å². The van der Waals surface area contributed by atoms with E-state index in [-0.39, 0.29) is 27.4 Å². The van der Waals surface area contributed by atoms with Gasteiger partial charge in [0.05, 0.1) is 15.0 Å². The Balaban J connectivity index is 1.81. The van der Waals surface area contributed by atoms with Crippen LogP contribution in [0.4, 0.5) is 0 Å². The zero-order valence-corrected chi connectivity index (χ0v) is 19.7. The van der Waals surface area contributed by atoms with Crippen LogP contribution in [-0.2, 0) is 14.8 Å². The number of benzene rings is 1. The first-order chi connectivity index (χ1) is 14.7. The zero-order valence-electron chi connectivity index (χ0n) is 15.7. The highest BCUT2D eigenvalue weighted by Gasteiger charge is 2.24. The number of fused-ring (bicyclic) bond motifs is 1. The monoisotopic (exact) mass is 513 g/mol. The number of furan rings is 1. The van der Waals surface area contributed by atoms with E-state index in [0.29, 0.717) is 37.1 Å². The second kappa shape index (κ2) is 8.53. The van der Waals surface area contributed by atoms with Gasteiger partial charge in [-0.3, -0.25) is 9.78 Å². The molecule has 0 radical (unpaired) electrons. The number of amides is 1. The van der Waals surface area contributed by atoms with Crippen LogP contribution in [0.15, 0.2) is 44.8 Å². The van der Waals surface area contributed by atoms with E-state index >= 15 is 0 Å². The van der Waals surface area contributed by atoms with Crippen molar-refractivity contribution in [1.29, 1.82) is 0 Å². The Morgan fingerprint density at radius 2 is 1.97 bits per heavy atom. The van der Waals surface area contributed by atoms with Crippen LogP contribution in [0.2, 0.25) is 10.0 Å². The molecule has 1 aliphatic rings. The number of rotatable bonds is 5. The van der Waals surface area contributed by atoms with Crippen LogP contribution >= 0.6 is 47.2 Å². The van der Waals surface area contributed by atoms with E-state index in [1.54, 1.807) is 31.5 Å². The molecule has 0 atom stereocenters. The smallest absolute Gasteiger partial charge is 0.263 e. The third-order valence-electron chi connectivity index (χ3n) is 4.27. The van der Waals surface area contributed by atoms with Crippen LogP contribution in [0.25, 0.3) is 28.2 Å². The zero-order chi connectivity index (χ0) is 22.3. The van der Waals surface area contributed by atoms with Gasteiger partial charge in [0, 0.05) is 36.0 Å². The summed E-state index contributed by atoms with van der Waals surface area (Å²) >= 11 is 18.7. The van der Waals surface area contributed by atoms with E-state index in [1.807, 2.05) is 0 Å². The highest BCUT2D eigenvalue weighted by molar-refractivity contribution is 8.26. The number of aromatic nitrogens is 1. The van der Waals surface area contributed by atoms with Crippen LogP contribution in [0, 0.1) is 0 Å². The summed E-state index contributed by atoms with van der Waals surface area (Å²) in [7, 11) is -3.84. The fraction of sp³-hybridized carbons (Fsp3) is 0.105. The van der Waals surface area contributed by atoms with Crippen LogP contribution in [0.5, 0.6) is 0 Å². The molecule has 1 aliphatic heterocycles. The van der Waals surface area contributed by atoms with Crippen LogP contribution in [-0.4, -0.2) is 30.2 Å². The molecule has 4 rings (SSSR count). The standard InChI is InChI=1S/C19H13Cl2N3O4S3/c1-2-23-31(26,27)17-13(20)4-9(5-14(17)21)12-8-22-7-10-3-11(28-16(10)12)6-15-18(25)24-19(29)30-15/h3-8,23H,2H2,1H3,(H,24,25,29)/b15-6-. The minimum Gasteiger partial charge on any atom is -0.456 e. The molecule has 12 heteroatoms. The number of nitrogens with zero attached hydrogens (tertiary/aromatic N) is 1. The van der Waals surface area contributed by atoms with Crippen molar-refractivity contribution in [2.45, 2.75) is 11.8 Å². The van der Waals surface area contributed by atoms with E-state index in [9.17, 15) is 13.2 Å². The van der Waals surface area contributed by atoms with E-state index in [2.05, 4.69) is 15.0 Å². The molecule has 0 aliphatic carbocycles. The first kappa shape index (κ1) is 22.3. The number of hydrogen-bond donors (Lipinski definition) is 2. The van der Waals surface area contributed by atoms with Gasteiger partial charge in [-0.25, -0.2) is 13.1 Å². The SMILES string of the molecule is CCNS(=O)(=O)c1c(Cl)cc(-c2cncc3cc(/C=C4\SC(=S)NC4=O)oc23)cc1Cl. The average Bonchev–Trinajstić information content (AvgIpc) is 3.22. The Bertz CT molecular complexity index is 1360. The number of pyridine rings is 1. The molecule has 3 heterocycles. The van der Waals surface area contributed by atoms with Crippen LogP contribution in [0.1, 0.15) is 12.7 Å². The Morgan fingerprint density at radius 3 is 2.58 bits per heavy atom. The van der Waals surface area contributed by atoms with Gasteiger partial charge in [-0.15, -0.1) is 0 Å². The lowest BCUT2D eigenvalue weighted by molar-refractivity contribution is -0.115. The lowest BCUT2D eigenvalue weighted by Crippen LogP contribution is -2.23. The van der Waals surface area contributed by atoms with Crippen molar-refractivity contribution in [2.75, 3.05) is 6.54 Å². The Morgan fingerprint density at radius 1 is 1.26 bits per heavy atom. The number of carbonyl (C=O) groups excluding carboxylic acids is 1. The molecular formula is C19H13Cl2N3O4S3. The maximum Gasteiger partial charge on any atom is 0.263 e. The third-order valence-corrected chi connectivity index (χ3v) is 7.90. The van der Waals surface area contributed by atoms with Crippen molar-refractivity contribution in [3.05, 3.63) is 51.3 Å². The summed E-state index contributed by atoms with van der Waals surface area (Å²) < 4.78 is 33.5. The average molecular weight is 514 g/mol. The minimum atomic E-state index is -3.84. The molecule has 1 aromatic carbocycles. The van der Waals surface area contributed by atoms with Crippen molar-refractivity contribution < 1.29 is 17.6 Å². The van der Waals surface area contributed by atoms with Crippen LogP contribution in [0.3, 0.4) is 0 Å². The highest BCUT2D eigenvalue weighted by atomic mass is 35.5. The first-order valence-electron chi connectivity index (χ1n) is 8.81. The third kappa shape index (κ3) is 4.36. The molecule has 1 saturated heterocycles. The summed E-state index contributed by atoms with van der Waals surface area (Å²) in [5.74, 6) is 0.153. The fourth-order valence-electron chi connectivity index (χ4n) is 3.04. The van der Waals surface area contributed by atoms with Gasteiger partial charge in [-0.05, 0) is 23.8 Å². The number of thioether (sulfide) groups is 1. The number of sulfonamides is 1. The molecular weight excluding hydrogens is 501 g/mol. The lowest BCUT2D eigenvalue weighted by Gasteiger charge is -2.11. The predicted octanol–water partition coefficient (Wildman–Crippen LogP) is 4.59. The summed E-state index contributed by atoms with van der Waals surface area (Å²) in [6, 6.07) is 4.72. The van der Waals surface area contributed by atoms with Gasteiger partial charge in [0.25, 0.3) is 5.91 Å². The van der Waals surface area contributed by atoms with Gasteiger partial charge in [0.2, 0.25) is 10.0 Å². The summed E-state index contributed by atoms with van der Waals surface area (Å²) in [5, 5.41) is 3.18. The quantitative estimate of drug-likeness (QED) is 0.380. The molecule has 31 heavy (non-hydrogen) atoms. The van der Waals surface area contributed by atoms with Gasteiger partial charge in [0.15, 0.2) is 0 Å².